The molecule has 3 aromatic rings. The van der Waals surface area contributed by atoms with Crippen molar-refractivity contribution in [2.45, 2.75) is 19.8 Å². The summed E-state index contributed by atoms with van der Waals surface area (Å²) in [6.45, 7) is 1.77. The molecule has 0 spiro atoms. The van der Waals surface area contributed by atoms with Crippen molar-refractivity contribution in [1.82, 2.24) is 0 Å². The summed E-state index contributed by atoms with van der Waals surface area (Å²) in [4.78, 5) is 21.9. The molecule has 5 nitrogen and oxygen atoms in total. The maximum Gasteiger partial charge on any atom is 0.336 e. The highest BCUT2D eigenvalue weighted by atomic mass is 16.5. The molecule has 0 radical (unpaired) electrons. The van der Waals surface area contributed by atoms with Gasteiger partial charge in [-0.1, -0.05) is 0 Å². The molecule has 21 heavy (non-hydrogen) atoms. The fourth-order valence-electron chi connectivity index (χ4n) is 2.25. The van der Waals surface area contributed by atoms with E-state index in [-0.39, 0.29) is 11.6 Å². The summed E-state index contributed by atoms with van der Waals surface area (Å²) in [5.41, 5.74) is 0.810. The van der Waals surface area contributed by atoms with Crippen LogP contribution in [0.4, 0.5) is 0 Å². The summed E-state index contributed by atoms with van der Waals surface area (Å²) >= 11 is 0. The summed E-state index contributed by atoms with van der Waals surface area (Å²) in [5.74, 6) is 0.538. The van der Waals surface area contributed by atoms with E-state index in [2.05, 4.69) is 0 Å². The zero-order chi connectivity index (χ0) is 14.8. The maximum atomic E-state index is 11.2. The molecule has 0 aliphatic carbocycles. The lowest BCUT2D eigenvalue weighted by Crippen LogP contribution is -2.01. The number of rotatable bonds is 4. The second kappa shape index (κ2) is 5.44. The number of aryl methyl sites for hydroxylation is 1. The van der Waals surface area contributed by atoms with Crippen molar-refractivity contribution in [3.05, 3.63) is 46.5 Å². The van der Waals surface area contributed by atoms with Crippen molar-refractivity contribution in [3.63, 3.8) is 0 Å². The van der Waals surface area contributed by atoms with E-state index in [9.17, 15) is 9.59 Å². The Balaban J connectivity index is 1.84. The topological polar surface area (TPSA) is 69.7 Å². The molecular weight excluding hydrogens is 272 g/mol. The quantitative estimate of drug-likeness (QED) is 0.419. The number of esters is 1. The predicted molar refractivity (Wildman–Crippen MR) is 77.2 cm³/mol. The van der Waals surface area contributed by atoms with Crippen molar-refractivity contribution in [1.29, 1.82) is 0 Å². The van der Waals surface area contributed by atoms with Crippen molar-refractivity contribution in [3.8, 4) is 0 Å². The maximum absolute atomic E-state index is 11.2. The second-order valence-electron chi connectivity index (χ2n) is 4.84. The van der Waals surface area contributed by atoms with E-state index >= 15 is 0 Å². The summed E-state index contributed by atoms with van der Waals surface area (Å²) in [5, 5.41) is 1.81. The van der Waals surface area contributed by atoms with Gasteiger partial charge in [0.05, 0.1) is 6.61 Å². The van der Waals surface area contributed by atoms with E-state index in [1.165, 1.54) is 13.0 Å². The van der Waals surface area contributed by atoms with Gasteiger partial charge in [-0.3, -0.25) is 4.79 Å². The van der Waals surface area contributed by atoms with Gasteiger partial charge in [-0.25, -0.2) is 4.79 Å². The van der Waals surface area contributed by atoms with E-state index < -0.39 is 0 Å². The monoisotopic (exact) mass is 286 g/mol. The minimum absolute atomic E-state index is 0.277. The van der Waals surface area contributed by atoms with Crippen LogP contribution in [0.1, 0.15) is 19.1 Å². The average Bonchev–Trinajstić information content (AvgIpc) is 2.82. The highest BCUT2D eigenvalue weighted by molar-refractivity contribution is 5.93. The Kier molecular flexibility index (Phi) is 3.48. The largest absolute Gasteiger partial charge is 0.466 e. The molecule has 2 aromatic heterocycles. The molecule has 0 amide bonds. The van der Waals surface area contributed by atoms with Crippen LogP contribution in [0.2, 0.25) is 0 Å². The van der Waals surface area contributed by atoms with Crippen LogP contribution in [-0.4, -0.2) is 12.6 Å². The zero-order valence-corrected chi connectivity index (χ0v) is 11.5. The summed E-state index contributed by atoms with van der Waals surface area (Å²) in [6, 6.07) is 8.73. The molecule has 2 heterocycles. The van der Waals surface area contributed by atoms with Crippen LogP contribution in [0, 0.1) is 0 Å². The van der Waals surface area contributed by atoms with Crippen molar-refractivity contribution in [2.24, 2.45) is 0 Å². The van der Waals surface area contributed by atoms with Crippen LogP contribution in [0.3, 0.4) is 0 Å². The highest BCUT2D eigenvalue weighted by Crippen LogP contribution is 2.25. The average molecular weight is 286 g/mol. The number of hydrogen-bond donors (Lipinski definition) is 0. The number of hydrogen-bond acceptors (Lipinski definition) is 5. The van der Waals surface area contributed by atoms with Crippen LogP contribution in [0.25, 0.3) is 21.9 Å². The van der Waals surface area contributed by atoms with Crippen molar-refractivity contribution < 1.29 is 18.4 Å². The summed E-state index contributed by atoms with van der Waals surface area (Å²) in [6.07, 6.45) is 1.39. The van der Waals surface area contributed by atoms with E-state index in [1.807, 2.05) is 12.1 Å². The zero-order valence-electron chi connectivity index (χ0n) is 11.5. The van der Waals surface area contributed by atoms with Gasteiger partial charge in [0.15, 0.2) is 0 Å². The molecule has 0 atom stereocenters. The molecular formula is C16H14O5. The SMILES string of the molecule is CC(=O)OCCCc1cc2cc3ccc(=O)oc3cc2o1. The van der Waals surface area contributed by atoms with Crippen LogP contribution in [0.15, 0.2) is 44.0 Å². The highest BCUT2D eigenvalue weighted by Gasteiger charge is 2.07. The van der Waals surface area contributed by atoms with Gasteiger partial charge < -0.3 is 13.6 Å². The normalized spacial score (nSPS) is 11.1. The van der Waals surface area contributed by atoms with E-state index in [4.69, 9.17) is 13.6 Å². The van der Waals surface area contributed by atoms with Gasteiger partial charge >= 0.3 is 11.6 Å². The first-order valence-electron chi connectivity index (χ1n) is 6.71. The third-order valence-electron chi connectivity index (χ3n) is 3.18. The molecule has 5 heteroatoms. The van der Waals surface area contributed by atoms with Gasteiger partial charge in [-0.05, 0) is 24.6 Å². The lowest BCUT2D eigenvalue weighted by Gasteiger charge is -1.99. The fraction of sp³-hybridized carbons (Fsp3) is 0.250. The lowest BCUT2D eigenvalue weighted by atomic mass is 10.1. The minimum Gasteiger partial charge on any atom is -0.466 e. The lowest BCUT2D eigenvalue weighted by molar-refractivity contribution is -0.141. The second-order valence-corrected chi connectivity index (χ2v) is 4.84. The van der Waals surface area contributed by atoms with Gasteiger partial charge in [0.25, 0.3) is 0 Å². The number of carbonyl (C=O) groups is 1. The van der Waals surface area contributed by atoms with Gasteiger partial charge in [-0.2, -0.15) is 0 Å². The molecule has 0 N–H and O–H groups in total. The Morgan fingerprint density at radius 1 is 1.10 bits per heavy atom. The van der Waals surface area contributed by atoms with Crippen molar-refractivity contribution in [2.75, 3.05) is 6.61 Å². The van der Waals surface area contributed by atoms with Gasteiger partial charge in [0, 0.05) is 36.2 Å². The standard InChI is InChI=1S/C16H14O5/c1-10(17)19-6-2-3-13-8-12-7-11-4-5-16(18)21-14(11)9-15(12)20-13/h4-5,7-9H,2-3,6H2,1H3. The van der Waals surface area contributed by atoms with Gasteiger partial charge in [-0.15, -0.1) is 0 Å². The molecule has 0 aliphatic rings. The molecule has 1 aromatic carbocycles. The Morgan fingerprint density at radius 2 is 1.90 bits per heavy atom. The Bertz CT molecular complexity index is 856. The number of benzene rings is 1. The number of fused-ring (bicyclic) bond motifs is 2. The van der Waals surface area contributed by atoms with Gasteiger partial charge in [0.2, 0.25) is 0 Å². The van der Waals surface area contributed by atoms with E-state index in [0.717, 1.165) is 16.5 Å². The van der Waals surface area contributed by atoms with Crippen LogP contribution >= 0.6 is 0 Å². The predicted octanol–water partition coefficient (Wildman–Crippen LogP) is 3.03. The Morgan fingerprint density at radius 3 is 2.71 bits per heavy atom. The van der Waals surface area contributed by atoms with E-state index in [1.54, 1.807) is 12.1 Å². The summed E-state index contributed by atoms with van der Waals surface area (Å²) in [7, 11) is 0. The van der Waals surface area contributed by atoms with Crippen LogP contribution < -0.4 is 5.63 Å². The third-order valence-corrected chi connectivity index (χ3v) is 3.18. The van der Waals surface area contributed by atoms with Crippen molar-refractivity contribution >= 4 is 27.9 Å². The number of ether oxygens (including phenoxy) is 1. The first-order chi connectivity index (χ1) is 10.1. The fourth-order valence-corrected chi connectivity index (χ4v) is 2.25. The molecule has 0 bridgehead atoms. The van der Waals surface area contributed by atoms with Gasteiger partial charge in [0.1, 0.15) is 16.9 Å². The molecule has 0 unspecified atom stereocenters. The first-order valence-corrected chi connectivity index (χ1v) is 6.71. The smallest absolute Gasteiger partial charge is 0.336 e. The molecule has 0 aliphatic heterocycles. The molecule has 0 saturated heterocycles. The molecule has 0 fully saturated rings. The third kappa shape index (κ3) is 2.97. The number of carbonyl (C=O) groups excluding carboxylic acids is 1. The first kappa shape index (κ1) is 13.4. The molecule has 108 valence electrons. The van der Waals surface area contributed by atoms with Crippen LogP contribution in [0.5, 0.6) is 0 Å². The summed E-state index contributed by atoms with van der Waals surface area (Å²) < 4.78 is 15.7. The Labute approximate surface area is 120 Å². The van der Waals surface area contributed by atoms with Crippen LogP contribution in [-0.2, 0) is 16.0 Å². The minimum atomic E-state index is -0.380. The van der Waals surface area contributed by atoms with E-state index in [0.29, 0.717) is 30.6 Å². The molecule has 3 rings (SSSR count). The number of furan rings is 1. The Hall–Kier alpha value is -2.56. The molecule has 0 saturated carbocycles.